The van der Waals surface area contributed by atoms with E-state index in [4.69, 9.17) is 5.73 Å². The predicted octanol–water partition coefficient (Wildman–Crippen LogP) is 3.79. The van der Waals surface area contributed by atoms with Crippen LogP contribution in [0.15, 0.2) is 24.3 Å². The number of rotatable bonds is 7. The minimum atomic E-state index is -0.446. The molecule has 1 aromatic heterocycles. The molecule has 2 heterocycles. The molecule has 0 unspecified atom stereocenters. The lowest BCUT2D eigenvalue weighted by Gasteiger charge is -2.31. The van der Waals surface area contributed by atoms with E-state index in [-0.39, 0.29) is 12.5 Å². The van der Waals surface area contributed by atoms with Crippen molar-refractivity contribution in [2.45, 2.75) is 51.5 Å². The topological polar surface area (TPSA) is 78.7 Å². The first-order valence-corrected chi connectivity index (χ1v) is 12.1. The van der Waals surface area contributed by atoms with Gasteiger partial charge in [-0.2, -0.15) is 0 Å². The van der Waals surface area contributed by atoms with E-state index in [1.807, 2.05) is 11.9 Å². The van der Waals surface area contributed by atoms with Gasteiger partial charge in [-0.15, -0.1) is 11.3 Å². The molecule has 1 aliphatic carbocycles. The number of piperidine rings is 1. The van der Waals surface area contributed by atoms with E-state index in [0.29, 0.717) is 17.1 Å². The molecule has 0 bridgehead atoms. The van der Waals surface area contributed by atoms with Gasteiger partial charge in [0.25, 0.3) is 5.91 Å². The Morgan fingerprint density at radius 3 is 2.61 bits per heavy atom. The molecule has 31 heavy (non-hydrogen) atoms. The molecule has 0 radical (unpaired) electrons. The number of carbonyl (C=O) groups is 2. The molecule has 1 saturated heterocycles. The first kappa shape index (κ1) is 21.8. The van der Waals surface area contributed by atoms with E-state index >= 15 is 0 Å². The fourth-order valence-electron chi connectivity index (χ4n) is 4.76. The van der Waals surface area contributed by atoms with Crippen LogP contribution in [0.5, 0.6) is 0 Å². The van der Waals surface area contributed by atoms with Crippen LogP contribution in [0.25, 0.3) is 0 Å². The second-order valence-corrected chi connectivity index (χ2v) is 9.78. The Morgan fingerprint density at radius 2 is 1.84 bits per heavy atom. The largest absolute Gasteiger partial charge is 0.371 e. The number of thiophene rings is 1. The second-order valence-electron chi connectivity index (χ2n) is 8.68. The smallest absolute Gasteiger partial charge is 0.251 e. The fraction of sp³-hybridized carbons (Fsp3) is 0.500. The van der Waals surface area contributed by atoms with Crippen LogP contribution in [0.4, 0.5) is 10.7 Å². The van der Waals surface area contributed by atoms with E-state index < -0.39 is 5.91 Å². The molecule has 2 aliphatic rings. The molecule has 3 N–H and O–H groups in total. The number of fused-ring (bicyclic) bond motifs is 1. The van der Waals surface area contributed by atoms with Crippen molar-refractivity contribution in [1.82, 2.24) is 4.90 Å². The summed E-state index contributed by atoms with van der Waals surface area (Å²) in [5, 5.41) is 3.59. The molecule has 2 aromatic rings. The van der Waals surface area contributed by atoms with Crippen molar-refractivity contribution in [1.29, 1.82) is 0 Å². The number of para-hydroxylation sites is 1. The molecule has 4 rings (SSSR count). The Bertz CT molecular complexity index is 949. The number of anilines is 2. The highest BCUT2D eigenvalue weighted by Gasteiger charge is 2.25. The number of benzene rings is 1. The Labute approximate surface area is 188 Å². The molecular weight excluding hydrogens is 408 g/mol. The Morgan fingerprint density at radius 1 is 1.10 bits per heavy atom. The van der Waals surface area contributed by atoms with Gasteiger partial charge in [-0.25, -0.2) is 0 Å². The Hall–Kier alpha value is -2.38. The summed E-state index contributed by atoms with van der Waals surface area (Å²) >= 11 is 1.51. The Balaban J connectivity index is 1.41. The molecular formula is C24H32N4O2S. The monoisotopic (exact) mass is 440 g/mol. The van der Waals surface area contributed by atoms with Gasteiger partial charge in [-0.1, -0.05) is 18.2 Å². The first-order chi connectivity index (χ1) is 15.0. The zero-order valence-corrected chi connectivity index (χ0v) is 19.1. The summed E-state index contributed by atoms with van der Waals surface area (Å²) in [5.41, 5.74) is 9.73. The zero-order valence-electron chi connectivity index (χ0n) is 18.3. The number of hydrogen-bond donors (Lipinski definition) is 2. The average Bonchev–Trinajstić information content (AvgIpc) is 3.12. The summed E-state index contributed by atoms with van der Waals surface area (Å²) in [6, 6.07) is 8.48. The third-order valence-electron chi connectivity index (χ3n) is 6.21. The third kappa shape index (κ3) is 5.10. The highest BCUT2D eigenvalue weighted by molar-refractivity contribution is 7.17. The van der Waals surface area contributed by atoms with Crippen molar-refractivity contribution in [3.05, 3.63) is 45.8 Å². The van der Waals surface area contributed by atoms with E-state index in [1.165, 1.54) is 46.7 Å². The average molecular weight is 441 g/mol. The number of likely N-dealkylation sites (N-methyl/N-ethyl adjacent to an activating group) is 1. The molecule has 1 fully saturated rings. The summed E-state index contributed by atoms with van der Waals surface area (Å²) < 4.78 is 0. The minimum absolute atomic E-state index is 0.112. The molecule has 0 saturated carbocycles. The van der Waals surface area contributed by atoms with Crippen molar-refractivity contribution in [3.8, 4) is 0 Å². The number of nitrogens with one attached hydrogen (secondary N) is 1. The lowest BCUT2D eigenvalue weighted by atomic mass is 9.95. The maximum atomic E-state index is 12.8. The van der Waals surface area contributed by atoms with E-state index in [2.05, 4.69) is 34.5 Å². The quantitative estimate of drug-likeness (QED) is 0.687. The summed E-state index contributed by atoms with van der Waals surface area (Å²) in [5.74, 6) is -0.558. The number of hydrogen-bond acceptors (Lipinski definition) is 5. The van der Waals surface area contributed by atoms with Gasteiger partial charge in [0.1, 0.15) is 5.00 Å². The predicted molar refractivity (Wildman–Crippen MR) is 127 cm³/mol. The molecule has 1 aliphatic heterocycles. The van der Waals surface area contributed by atoms with Gasteiger partial charge in [0.15, 0.2) is 0 Å². The molecule has 2 amide bonds. The second kappa shape index (κ2) is 9.83. The van der Waals surface area contributed by atoms with Gasteiger partial charge in [0.05, 0.1) is 12.1 Å². The van der Waals surface area contributed by atoms with Crippen molar-refractivity contribution in [2.24, 2.45) is 5.73 Å². The molecule has 0 spiro atoms. The van der Waals surface area contributed by atoms with Crippen LogP contribution < -0.4 is 16.0 Å². The SMILES string of the molecule is CN(CC(=O)Nc1sc2c(c1C(N)=O)CCCC2)Cc1ccccc1N1CCCCC1. The standard InChI is InChI=1S/C24H32N4O2S/c1-27(15-17-9-3-5-11-19(17)28-13-7-2-8-14-28)16-21(29)26-24-22(23(25)30)18-10-4-6-12-20(18)31-24/h3,5,9,11H,2,4,6-8,10,12-16H2,1H3,(H2,25,30)(H,26,29). The van der Waals surface area contributed by atoms with Crippen molar-refractivity contribution >= 4 is 33.8 Å². The van der Waals surface area contributed by atoms with Crippen LogP contribution >= 0.6 is 11.3 Å². The molecule has 7 heteroatoms. The third-order valence-corrected chi connectivity index (χ3v) is 7.42. The number of amides is 2. The zero-order chi connectivity index (χ0) is 21.8. The Kier molecular flexibility index (Phi) is 6.92. The molecule has 6 nitrogen and oxygen atoms in total. The molecule has 0 atom stereocenters. The first-order valence-electron chi connectivity index (χ1n) is 11.3. The van der Waals surface area contributed by atoms with Crippen molar-refractivity contribution < 1.29 is 9.59 Å². The summed E-state index contributed by atoms with van der Waals surface area (Å²) in [4.78, 5) is 30.5. The van der Waals surface area contributed by atoms with E-state index in [0.717, 1.165) is 44.3 Å². The lowest BCUT2D eigenvalue weighted by Crippen LogP contribution is -2.33. The minimum Gasteiger partial charge on any atom is -0.371 e. The summed E-state index contributed by atoms with van der Waals surface area (Å²) in [6.07, 6.45) is 7.79. The molecule has 166 valence electrons. The van der Waals surface area contributed by atoms with Crippen LogP contribution in [0, 0.1) is 0 Å². The van der Waals surface area contributed by atoms with Crippen molar-refractivity contribution in [3.63, 3.8) is 0 Å². The number of primary amides is 1. The maximum absolute atomic E-state index is 12.8. The normalized spacial score (nSPS) is 16.3. The van der Waals surface area contributed by atoms with Crippen LogP contribution in [-0.2, 0) is 24.2 Å². The van der Waals surface area contributed by atoms with Gasteiger partial charge in [-0.05, 0) is 69.2 Å². The summed E-state index contributed by atoms with van der Waals surface area (Å²) in [7, 11) is 1.96. The van der Waals surface area contributed by atoms with Gasteiger partial charge < -0.3 is 16.0 Å². The van der Waals surface area contributed by atoms with Gasteiger partial charge in [0.2, 0.25) is 5.91 Å². The highest BCUT2D eigenvalue weighted by Crippen LogP contribution is 2.37. The number of nitrogens with two attached hydrogens (primary N) is 1. The van der Waals surface area contributed by atoms with Gasteiger partial charge >= 0.3 is 0 Å². The number of aryl methyl sites for hydroxylation is 1. The molecule has 1 aromatic carbocycles. The van der Waals surface area contributed by atoms with Crippen LogP contribution in [0.2, 0.25) is 0 Å². The van der Waals surface area contributed by atoms with Gasteiger partial charge in [0, 0.05) is 30.2 Å². The summed E-state index contributed by atoms with van der Waals surface area (Å²) in [6.45, 7) is 3.15. The fourth-order valence-corrected chi connectivity index (χ4v) is 6.07. The maximum Gasteiger partial charge on any atom is 0.251 e. The van der Waals surface area contributed by atoms with E-state index in [1.54, 1.807) is 0 Å². The van der Waals surface area contributed by atoms with Crippen molar-refractivity contribution in [2.75, 3.05) is 36.9 Å². The van der Waals surface area contributed by atoms with Crippen LogP contribution in [0.1, 0.15) is 58.5 Å². The number of carbonyl (C=O) groups excluding carboxylic acids is 2. The van der Waals surface area contributed by atoms with E-state index in [9.17, 15) is 9.59 Å². The highest BCUT2D eigenvalue weighted by atomic mass is 32.1. The van der Waals surface area contributed by atoms with Crippen LogP contribution in [-0.4, -0.2) is 43.4 Å². The lowest BCUT2D eigenvalue weighted by molar-refractivity contribution is -0.117. The van der Waals surface area contributed by atoms with Crippen LogP contribution in [0.3, 0.4) is 0 Å². The number of nitrogens with zero attached hydrogens (tertiary/aromatic N) is 2. The van der Waals surface area contributed by atoms with Gasteiger partial charge in [-0.3, -0.25) is 14.5 Å².